The van der Waals surface area contributed by atoms with E-state index in [0.717, 1.165) is 12.8 Å². The van der Waals surface area contributed by atoms with E-state index in [1.165, 1.54) is 21.3 Å². The number of benzene rings is 1. The zero-order chi connectivity index (χ0) is 20.7. The third kappa shape index (κ3) is 4.66. The summed E-state index contributed by atoms with van der Waals surface area (Å²) in [6, 6.07) is 2.81. The molecule has 1 aromatic carbocycles. The Morgan fingerprint density at radius 1 is 1.07 bits per heavy atom. The lowest BCUT2D eigenvalue weighted by atomic mass is 10.1. The topological polar surface area (TPSA) is 68.3 Å². The quantitative estimate of drug-likeness (QED) is 0.624. The number of carbonyl (C=O) groups is 2. The molecule has 1 unspecified atom stereocenters. The minimum atomic E-state index is -0.449. The number of amides is 2. The van der Waals surface area contributed by atoms with Gasteiger partial charge in [-0.1, -0.05) is 13.8 Å². The lowest BCUT2D eigenvalue weighted by Gasteiger charge is -2.29. The van der Waals surface area contributed by atoms with E-state index >= 15 is 0 Å². The van der Waals surface area contributed by atoms with Gasteiger partial charge in [0, 0.05) is 24.4 Å². The summed E-state index contributed by atoms with van der Waals surface area (Å²) in [6.07, 6.45) is 1.79. The fourth-order valence-electron chi connectivity index (χ4n) is 3.30. The molecule has 0 aromatic heterocycles. The second kappa shape index (κ2) is 10.5. The maximum absolute atomic E-state index is 13.2. The molecule has 0 radical (unpaired) electrons. The van der Waals surface area contributed by atoms with Crippen LogP contribution in [0.3, 0.4) is 0 Å². The van der Waals surface area contributed by atoms with Crippen LogP contribution >= 0.6 is 11.8 Å². The Labute approximate surface area is 171 Å². The molecule has 1 saturated heterocycles. The van der Waals surface area contributed by atoms with Crippen LogP contribution in [-0.4, -0.2) is 73.7 Å². The van der Waals surface area contributed by atoms with Crippen LogP contribution in [0.25, 0.3) is 0 Å². The van der Waals surface area contributed by atoms with E-state index in [0.29, 0.717) is 47.5 Å². The summed E-state index contributed by atoms with van der Waals surface area (Å²) in [5.74, 6) is 2.17. The molecule has 1 fully saturated rings. The molecule has 0 bridgehead atoms. The van der Waals surface area contributed by atoms with Gasteiger partial charge in [0.2, 0.25) is 11.7 Å². The van der Waals surface area contributed by atoms with Crippen LogP contribution < -0.4 is 14.2 Å². The molecule has 2 rings (SSSR count). The third-order valence-corrected chi connectivity index (χ3v) is 5.65. The number of rotatable bonds is 9. The van der Waals surface area contributed by atoms with Gasteiger partial charge < -0.3 is 24.0 Å². The monoisotopic (exact) mass is 410 g/mol. The molecule has 2 amide bonds. The first kappa shape index (κ1) is 22.2. The summed E-state index contributed by atoms with van der Waals surface area (Å²) in [7, 11) is 4.54. The molecule has 1 aliphatic rings. The normalized spacial score (nSPS) is 16.0. The van der Waals surface area contributed by atoms with Crippen LogP contribution in [0.4, 0.5) is 0 Å². The molecule has 1 aliphatic heterocycles. The van der Waals surface area contributed by atoms with Gasteiger partial charge in [0.25, 0.3) is 5.91 Å². The smallest absolute Gasteiger partial charge is 0.255 e. The Bertz CT molecular complexity index is 666. The molecule has 1 atom stereocenters. The van der Waals surface area contributed by atoms with Crippen molar-refractivity contribution >= 4 is 23.6 Å². The molecule has 28 heavy (non-hydrogen) atoms. The number of carbonyl (C=O) groups excluding carboxylic acids is 2. The highest BCUT2D eigenvalue weighted by molar-refractivity contribution is 7.99. The van der Waals surface area contributed by atoms with E-state index < -0.39 is 6.04 Å². The molecule has 0 N–H and O–H groups in total. The van der Waals surface area contributed by atoms with Gasteiger partial charge in [0.15, 0.2) is 11.5 Å². The van der Waals surface area contributed by atoms with Gasteiger partial charge in [-0.2, -0.15) is 0 Å². The fraction of sp³-hybridized carbons (Fsp3) is 0.600. The predicted molar refractivity (Wildman–Crippen MR) is 111 cm³/mol. The molecule has 1 heterocycles. The van der Waals surface area contributed by atoms with Crippen molar-refractivity contribution in [2.45, 2.75) is 32.7 Å². The average molecular weight is 411 g/mol. The minimum Gasteiger partial charge on any atom is -0.493 e. The second-order valence-corrected chi connectivity index (χ2v) is 7.53. The Kier molecular flexibility index (Phi) is 8.29. The van der Waals surface area contributed by atoms with E-state index in [1.807, 2.05) is 4.90 Å². The second-order valence-electron chi connectivity index (χ2n) is 6.53. The third-order valence-electron chi connectivity index (χ3n) is 4.64. The number of hydrogen-bond donors (Lipinski definition) is 0. The molecule has 8 heteroatoms. The predicted octanol–water partition coefficient (Wildman–Crippen LogP) is 2.88. The Balaban J connectivity index is 2.30. The summed E-state index contributed by atoms with van der Waals surface area (Å²) >= 11 is 1.59. The summed E-state index contributed by atoms with van der Waals surface area (Å²) in [5.41, 5.74) is 0.410. The summed E-state index contributed by atoms with van der Waals surface area (Å²) in [6.45, 7) is 5.52. The Morgan fingerprint density at radius 2 is 1.64 bits per heavy atom. The summed E-state index contributed by atoms with van der Waals surface area (Å²) < 4.78 is 16.0. The van der Waals surface area contributed by atoms with Crippen LogP contribution in [0.2, 0.25) is 0 Å². The van der Waals surface area contributed by atoms with Crippen LogP contribution in [0.5, 0.6) is 17.2 Å². The maximum atomic E-state index is 13.2. The summed E-state index contributed by atoms with van der Waals surface area (Å²) in [4.78, 5) is 29.8. The zero-order valence-corrected chi connectivity index (χ0v) is 18.1. The van der Waals surface area contributed by atoms with Crippen molar-refractivity contribution in [3.05, 3.63) is 17.7 Å². The van der Waals surface area contributed by atoms with Gasteiger partial charge in [-0.15, -0.1) is 11.8 Å². The average Bonchev–Trinajstić information content (AvgIpc) is 3.21. The maximum Gasteiger partial charge on any atom is 0.255 e. The number of nitrogens with zero attached hydrogens (tertiary/aromatic N) is 2. The zero-order valence-electron chi connectivity index (χ0n) is 17.3. The standard InChI is InChI=1S/C20H30N2O5S/c1-6-8-21(9-7-2)20(24)15-12-28-13-22(15)19(23)14-10-16(25-3)18(27-5)17(11-14)26-4/h10-11,15H,6-9,12-13H2,1-5H3. The van der Waals surface area contributed by atoms with E-state index in [2.05, 4.69) is 13.8 Å². The van der Waals surface area contributed by atoms with Crippen molar-refractivity contribution in [2.24, 2.45) is 0 Å². The molecule has 0 saturated carbocycles. The lowest BCUT2D eigenvalue weighted by Crippen LogP contribution is -2.49. The van der Waals surface area contributed by atoms with Gasteiger partial charge in [-0.3, -0.25) is 9.59 Å². The van der Waals surface area contributed by atoms with Crippen molar-refractivity contribution in [1.29, 1.82) is 0 Å². The first-order valence-corrected chi connectivity index (χ1v) is 10.6. The van der Waals surface area contributed by atoms with Crippen molar-refractivity contribution in [3.63, 3.8) is 0 Å². The van der Waals surface area contributed by atoms with Crippen molar-refractivity contribution in [3.8, 4) is 17.2 Å². The number of methoxy groups -OCH3 is 3. The van der Waals surface area contributed by atoms with Crippen molar-refractivity contribution in [1.82, 2.24) is 9.80 Å². The van der Waals surface area contributed by atoms with Crippen molar-refractivity contribution in [2.75, 3.05) is 46.0 Å². The fourth-order valence-corrected chi connectivity index (χ4v) is 4.45. The molecule has 7 nitrogen and oxygen atoms in total. The molecular weight excluding hydrogens is 380 g/mol. The van der Waals surface area contributed by atoms with Crippen LogP contribution in [0.15, 0.2) is 12.1 Å². The van der Waals surface area contributed by atoms with Gasteiger partial charge in [0.05, 0.1) is 27.2 Å². The number of ether oxygens (including phenoxy) is 3. The molecule has 1 aromatic rings. The van der Waals surface area contributed by atoms with Gasteiger partial charge in [-0.25, -0.2) is 0 Å². The van der Waals surface area contributed by atoms with Crippen LogP contribution in [-0.2, 0) is 4.79 Å². The minimum absolute atomic E-state index is 0.0227. The van der Waals surface area contributed by atoms with Gasteiger partial charge >= 0.3 is 0 Å². The molecule has 0 spiro atoms. The SMILES string of the molecule is CCCN(CCC)C(=O)C1CSCN1C(=O)c1cc(OC)c(OC)c(OC)c1. The Morgan fingerprint density at radius 3 is 2.11 bits per heavy atom. The highest BCUT2D eigenvalue weighted by Gasteiger charge is 2.37. The molecular formula is C20H30N2O5S. The highest BCUT2D eigenvalue weighted by Crippen LogP contribution is 2.39. The van der Waals surface area contributed by atoms with Crippen LogP contribution in [0, 0.1) is 0 Å². The van der Waals surface area contributed by atoms with Gasteiger partial charge in [0.1, 0.15) is 6.04 Å². The number of thioether (sulfide) groups is 1. The lowest BCUT2D eigenvalue weighted by molar-refractivity contribution is -0.135. The van der Waals surface area contributed by atoms with Gasteiger partial charge in [-0.05, 0) is 25.0 Å². The van der Waals surface area contributed by atoms with E-state index in [4.69, 9.17) is 14.2 Å². The largest absolute Gasteiger partial charge is 0.493 e. The van der Waals surface area contributed by atoms with Crippen molar-refractivity contribution < 1.29 is 23.8 Å². The molecule has 156 valence electrons. The van der Waals surface area contributed by atoms with E-state index in [1.54, 1.807) is 28.8 Å². The highest BCUT2D eigenvalue weighted by atomic mass is 32.2. The van der Waals surface area contributed by atoms with E-state index in [-0.39, 0.29) is 11.8 Å². The first-order valence-electron chi connectivity index (χ1n) is 9.49. The Hall–Kier alpha value is -2.09. The number of hydrogen-bond acceptors (Lipinski definition) is 6. The first-order chi connectivity index (χ1) is 13.5. The van der Waals surface area contributed by atoms with E-state index in [9.17, 15) is 9.59 Å². The summed E-state index contributed by atoms with van der Waals surface area (Å²) in [5, 5.41) is 0. The van der Waals surface area contributed by atoms with Crippen LogP contribution in [0.1, 0.15) is 37.0 Å². The molecule has 0 aliphatic carbocycles.